The van der Waals surface area contributed by atoms with E-state index in [2.05, 4.69) is 11.3 Å². The molecule has 0 saturated heterocycles. The zero-order chi connectivity index (χ0) is 11.3. The minimum absolute atomic E-state index is 0. The van der Waals surface area contributed by atoms with E-state index in [1.165, 1.54) is 6.07 Å². The molecule has 1 rings (SSSR count). The summed E-state index contributed by atoms with van der Waals surface area (Å²) in [6.45, 7) is 0.716. The van der Waals surface area contributed by atoms with Gasteiger partial charge in [-0.15, -0.1) is 19.0 Å². The summed E-state index contributed by atoms with van der Waals surface area (Å²) >= 11 is 0. The second-order valence-electron chi connectivity index (χ2n) is 3.05. The van der Waals surface area contributed by atoms with E-state index in [0.29, 0.717) is 12.0 Å². The van der Waals surface area contributed by atoms with Gasteiger partial charge in [-0.1, -0.05) is 24.3 Å². The van der Waals surface area contributed by atoms with E-state index in [4.69, 9.17) is 5.73 Å². The van der Waals surface area contributed by atoms with E-state index in [-0.39, 0.29) is 24.2 Å². The number of para-hydroxylation sites is 1. The van der Waals surface area contributed by atoms with Gasteiger partial charge >= 0.3 is 6.61 Å². The number of alkyl halides is 2. The minimum atomic E-state index is -2.83. The summed E-state index contributed by atoms with van der Waals surface area (Å²) in [6, 6.07) is 6.15. The Morgan fingerprint density at radius 2 is 2.00 bits per heavy atom. The van der Waals surface area contributed by atoms with Crippen LogP contribution in [-0.2, 0) is 0 Å². The summed E-state index contributed by atoms with van der Waals surface area (Å²) in [4.78, 5) is 0. The molecule has 2 N–H and O–H groups in total. The fourth-order valence-electron chi connectivity index (χ4n) is 1.30. The number of hydrogen-bond acceptors (Lipinski definition) is 2. The SMILES string of the molecule is C=CC[C@H](N)c1ccccc1OC(F)F.Cl. The lowest BCUT2D eigenvalue weighted by Crippen LogP contribution is -2.12. The van der Waals surface area contributed by atoms with E-state index in [0.717, 1.165) is 0 Å². The Morgan fingerprint density at radius 3 is 2.56 bits per heavy atom. The van der Waals surface area contributed by atoms with Crippen molar-refractivity contribution in [3.63, 3.8) is 0 Å². The number of rotatable bonds is 5. The highest BCUT2D eigenvalue weighted by molar-refractivity contribution is 5.85. The van der Waals surface area contributed by atoms with Crippen LogP contribution >= 0.6 is 12.4 Å². The van der Waals surface area contributed by atoms with Crippen LogP contribution in [0.5, 0.6) is 5.75 Å². The molecule has 0 radical (unpaired) electrons. The van der Waals surface area contributed by atoms with Crippen molar-refractivity contribution in [3.05, 3.63) is 42.5 Å². The molecule has 90 valence electrons. The maximum Gasteiger partial charge on any atom is 0.387 e. The smallest absolute Gasteiger partial charge is 0.387 e. The van der Waals surface area contributed by atoms with Gasteiger partial charge < -0.3 is 10.5 Å². The summed E-state index contributed by atoms with van der Waals surface area (Å²) in [5.74, 6) is 0.127. The normalized spacial score (nSPS) is 11.8. The van der Waals surface area contributed by atoms with Crippen molar-refractivity contribution in [3.8, 4) is 5.75 Å². The molecular formula is C11H14ClF2NO. The molecule has 0 fully saturated rings. The Kier molecular flexibility index (Phi) is 6.69. The molecule has 5 heteroatoms. The molecule has 0 unspecified atom stereocenters. The molecule has 1 atom stereocenters. The Morgan fingerprint density at radius 1 is 1.38 bits per heavy atom. The van der Waals surface area contributed by atoms with Crippen LogP contribution in [0.2, 0.25) is 0 Å². The van der Waals surface area contributed by atoms with Gasteiger partial charge in [0, 0.05) is 11.6 Å². The van der Waals surface area contributed by atoms with Crippen LogP contribution in [0.25, 0.3) is 0 Å². The molecule has 1 aromatic rings. The second kappa shape index (κ2) is 7.19. The lowest BCUT2D eigenvalue weighted by molar-refractivity contribution is -0.0506. The predicted molar refractivity (Wildman–Crippen MR) is 62.1 cm³/mol. The monoisotopic (exact) mass is 249 g/mol. The Balaban J connectivity index is 0.00000225. The fourth-order valence-corrected chi connectivity index (χ4v) is 1.30. The van der Waals surface area contributed by atoms with Gasteiger partial charge in [-0.05, 0) is 12.5 Å². The van der Waals surface area contributed by atoms with Crippen LogP contribution in [0, 0.1) is 0 Å². The zero-order valence-electron chi connectivity index (χ0n) is 8.61. The Hall–Kier alpha value is -1.13. The molecule has 0 bridgehead atoms. The van der Waals surface area contributed by atoms with Gasteiger partial charge in [0.05, 0.1) is 0 Å². The van der Waals surface area contributed by atoms with Crippen LogP contribution in [0.4, 0.5) is 8.78 Å². The average Bonchev–Trinajstić information content (AvgIpc) is 2.18. The van der Waals surface area contributed by atoms with Crippen molar-refractivity contribution in [2.24, 2.45) is 5.73 Å². The Bertz CT molecular complexity index is 334. The third-order valence-electron chi connectivity index (χ3n) is 1.96. The number of halogens is 3. The molecule has 0 aliphatic carbocycles. The number of benzene rings is 1. The van der Waals surface area contributed by atoms with Crippen LogP contribution < -0.4 is 10.5 Å². The van der Waals surface area contributed by atoms with Gasteiger partial charge in [-0.25, -0.2) is 0 Å². The van der Waals surface area contributed by atoms with Crippen molar-refractivity contribution in [1.82, 2.24) is 0 Å². The molecule has 0 spiro atoms. The van der Waals surface area contributed by atoms with E-state index in [9.17, 15) is 8.78 Å². The highest BCUT2D eigenvalue weighted by atomic mass is 35.5. The largest absolute Gasteiger partial charge is 0.434 e. The second-order valence-corrected chi connectivity index (χ2v) is 3.05. The lowest BCUT2D eigenvalue weighted by atomic mass is 10.0. The first-order chi connectivity index (χ1) is 7.15. The molecule has 0 heterocycles. The number of hydrogen-bond donors (Lipinski definition) is 1. The van der Waals surface area contributed by atoms with Gasteiger partial charge in [-0.3, -0.25) is 0 Å². The van der Waals surface area contributed by atoms with E-state index in [1.54, 1.807) is 24.3 Å². The molecule has 0 amide bonds. The molecule has 0 aliphatic rings. The van der Waals surface area contributed by atoms with Gasteiger partial charge in [0.25, 0.3) is 0 Å². The van der Waals surface area contributed by atoms with Gasteiger partial charge in [-0.2, -0.15) is 8.78 Å². The quantitative estimate of drug-likeness (QED) is 0.813. The van der Waals surface area contributed by atoms with Crippen molar-refractivity contribution in [1.29, 1.82) is 0 Å². The average molecular weight is 250 g/mol. The first kappa shape index (κ1) is 14.9. The maximum atomic E-state index is 12.1. The first-order valence-corrected chi connectivity index (χ1v) is 4.55. The molecule has 0 aliphatic heterocycles. The van der Waals surface area contributed by atoms with Crippen molar-refractivity contribution < 1.29 is 13.5 Å². The van der Waals surface area contributed by atoms with Crippen molar-refractivity contribution in [2.75, 3.05) is 0 Å². The summed E-state index contributed by atoms with van der Waals surface area (Å²) < 4.78 is 28.5. The number of ether oxygens (including phenoxy) is 1. The topological polar surface area (TPSA) is 35.2 Å². The van der Waals surface area contributed by atoms with Crippen LogP contribution in [0.15, 0.2) is 36.9 Å². The molecular weight excluding hydrogens is 236 g/mol. The Labute approximate surface area is 99.5 Å². The molecule has 16 heavy (non-hydrogen) atoms. The summed E-state index contributed by atoms with van der Waals surface area (Å²) in [5.41, 5.74) is 6.35. The van der Waals surface area contributed by atoms with Crippen LogP contribution in [-0.4, -0.2) is 6.61 Å². The van der Waals surface area contributed by atoms with Crippen molar-refractivity contribution in [2.45, 2.75) is 19.1 Å². The molecule has 1 aromatic carbocycles. The van der Waals surface area contributed by atoms with Crippen molar-refractivity contribution >= 4 is 12.4 Å². The first-order valence-electron chi connectivity index (χ1n) is 4.55. The summed E-state index contributed by atoms with van der Waals surface area (Å²) in [7, 11) is 0. The summed E-state index contributed by atoms with van der Waals surface area (Å²) in [6.07, 6.45) is 2.16. The molecule has 0 saturated carbocycles. The highest BCUT2D eigenvalue weighted by Gasteiger charge is 2.13. The summed E-state index contributed by atoms with van der Waals surface area (Å²) in [5, 5.41) is 0. The van der Waals surface area contributed by atoms with Gasteiger partial charge in [0.1, 0.15) is 5.75 Å². The standard InChI is InChI=1S/C11H13F2NO.ClH/c1-2-5-9(14)8-6-3-4-7-10(8)15-11(12)13;/h2-4,6-7,9,11H,1,5,14H2;1H/t9-;/m0./s1. The lowest BCUT2D eigenvalue weighted by Gasteiger charge is -2.14. The number of nitrogens with two attached hydrogens (primary N) is 1. The third kappa shape index (κ3) is 4.16. The van der Waals surface area contributed by atoms with E-state index < -0.39 is 6.61 Å². The van der Waals surface area contributed by atoms with Crippen LogP contribution in [0.3, 0.4) is 0 Å². The molecule has 2 nitrogen and oxygen atoms in total. The maximum absolute atomic E-state index is 12.1. The highest BCUT2D eigenvalue weighted by Crippen LogP contribution is 2.26. The molecule has 0 aromatic heterocycles. The van der Waals surface area contributed by atoms with Crippen LogP contribution in [0.1, 0.15) is 18.0 Å². The minimum Gasteiger partial charge on any atom is -0.434 e. The van der Waals surface area contributed by atoms with E-state index >= 15 is 0 Å². The van der Waals surface area contributed by atoms with E-state index in [1.807, 2.05) is 0 Å². The third-order valence-corrected chi connectivity index (χ3v) is 1.96. The van der Waals surface area contributed by atoms with Gasteiger partial charge in [0.15, 0.2) is 0 Å². The zero-order valence-corrected chi connectivity index (χ0v) is 9.42. The fraction of sp³-hybridized carbons (Fsp3) is 0.273. The van der Waals surface area contributed by atoms with Gasteiger partial charge in [0.2, 0.25) is 0 Å². The predicted octanol–water partition coefficient (Wildman–Crippen LogP) is 3.29.